The van der Waals surface area contributed by atoms with Crippen molar-refractivity contribution >= 4 is 23.6 Å². The van der Waals surface area contributed by atoms with E-state index < -0.39 is 17.6 Å². The maximum Gasteiger partial charge on any atom is 0.328 e. The lowest BCUT2D eigenvalue weighted by Gasteiger charge is -2.09. The average Bonchev–Trinajstić information content (AvgIpc) is 2.44. The molecule has 21 heavy (non-hydrogen) atoms. The highest BCUT2D eigenvalue weighted by atomic mass is 35.5. The van der Waals surface area contributed by atoms with Crippen molar-refractivity contribution in [3.63, 3.8) is 0 Å². The van der Waals surface area contributed by atoms with Gasteiger partial charge in [0, 0.05) is 6.08 Å². The van der Waals surface area contributed by atoms with E-state index in [0.717, 1.165) is 12.1 Å². The number of ether oxygens (including phenoxy) is 1. The SMILES string of the molecule is O=C(O)/C=C/c1ccc(Oc2cccc(F)c2F)c(Cl)c1. The van der Waals surface area contributed by atoms with Gasteiger partial charge in [0.05, 0.1) is 5.02 Å². The van der Waals surface area contributed by atoms with Crippen molar-refractivity contribution in [1.29, 1.82) is 0 Å². The standard InChI is InChI=1S/C15H9ClF2O3/c16-10-8-9(5-7-14(19)20)4-6-12(10)21-13-3-1-2-11(17)15(13)18/h1-8H,(H,19,20)/b7-5+. The van der Waals surface area contributed by atoms with Gasteiger partial charge in [0.2, 0.25) is 5.82 Å². The Hall–Kier alpha value is -2.40. The summed E-state index contributed by atoms with van der Waals surface area (Å²) < 4.78 is 31.8. The van der Waals surface area contributed by atoms with Crippen LogP contribution in [0.4, 0.5) is 8.78 Å². The number of hydrogen-bond donors (Lipinski definition) is 1. The quantitative estimate of drug-likeness (QED) is 0.845. The van der Waals surface area contributed by atoms with Gasteiger partial charge >= 0.3 is 5.97 Å². The minimum Gasteiger partial charge on any atom is -0.478 e. The van der Waals surface area contributed by atoms with Crippen LogP contribution < -0.4 is 4.74 Å². The van der Waals surface area contributed by atoms with Crippen LogP contribution in [0.3, 0.4) is 0 Å². The fourth-order valence-corrected chi connectivity index (χ4v) is 1.78. The van der Waals surface area contributed by atoms with Crippen LogP contribution in [-0.2, 0) is 4.79 Å². The number of benzene rings is 2. The monoisotopic (exact) mass is 310 g/mol. The van der Waals surface area contributed by atoms with Crippen molar-refractivity contribution in [2.24, 2.45) is 0 Å². The number of carbonyl (C=O) groups is 1. The van der Waals surface area contributed by atoms with Crippen LogP contribution in [0.5, 0.6) is 11.5 Å². The summed E-state index contributed by atoms with van der Waals surface area (Å²) in [4.78, 5) is 10.4. The van der Waals surface area contributed by atoms with Crippen LogP contribution in [0.15, 0.2) is 42.5 Å². The van der Waals surface area contributed by atoms with Crippen LogP contribution in [0, 0.1) is 11.6 Å². The molecule has 3 nitrogen and oxygen atoms in total. The summed E-state index contributed by atoms with van der Waals surface area (Å²) in [6.07, 6.45) is 2.30. The Balaban J connectivity index is 2.25. The Morgan fingerprint density at radius 2 is 1.95 bits per heavy atom. The van der Waals surface area contributed by atoms with Crippen LogP contribution in [0.25, 0.3) is 6.08 Å². The molecule has 0 aliphatic heterocycles. The molecular weight excluding hydrogens is 302 g/mol. The second-order valence-electron chi connectivity index (χ2n) is 4.02. The molecular formula is C15H9ClF2O3. The maximum absolute atomic E-state index is 13.5. The van der Waals surface area contributed by atoms with Crippen molar-refractivity contribution in [2.45, 2.75) is 0 Å². The third-order valence-corrected chi connectivity index (χ3v) is 2.81. The zero-order valence-corrected chi connectivity index (χ0v) is 11.3. The summed E-state index contributed by atoms with van der Waals surface area (Å²) in [5.74, 6) is -3.37. The van der Waals surface area contributed by atoms with Crippen molar-refractivity contribution in [1.82, 2.24) is 0 Å². The summed E-state index contributed by atoms with van der Waals surface area (Å²) >= 11 is 5.96. The number of hydrogen-bond acceptors (Lipinski definition) is 2. The Labute approximate surface area is 124 Å². The first kappa shape index (κ1) is 15.0. The first-order valence-corrected chi connectivity index (χ1v) is 6.17. The molecule has 2 aromatic rings. The van der Waals surface area contributed by atoms with Crippen molar-refractivity contribution in [3.8, 4) is 11.5 Å². The van der Waals surface area contributed by atoms with E-state index in [2.05, 4.69) is 0 Å². The second kappa shape index (κ2) is 6.37. The van der Waals surface area contributed by atoms with Crippen LogP contribution >= 0.6 is 11.6 Å². The molecule has 0 amide bonds. The van der Waals surface area contributed by atoms with E-state index in [1.165, 1.54) is 36.4 Å². The minimum absolute atomic E-state index is 0.133. The fraction of sp³-hybridized carbons (Fsp3) is 0. The molecule has 0 aliphatic rings. The summed E-state index contributed by atoms with van der Waals surface area (Å²) in [5.41, 5.74) is 0.537. The molecule has 0 saturated carbocycles. The van der Waals surface area contributed by atoms with Crippen LogP contribution in [0.1, 0.15) is 5.56 Å². The van der Waals surface area contributed by atoms with Gasteiger partial charge in [-0.1, -0.05) is 23.7 Å². The normalized spacial score (nSPS) is 10.8. The lowest BCUT2D eigenvalue weighted by molar-refractivity contribution is -0.131. The highest BCUT2D eigenvalue weighted by molar-refractivity contribution is 6.32. The highest BCUT2D eigenvalue weighted by Gasteiger charge is 2.11. The van der Waals surface area contributed by atoms with Gasteiger partial charge < -0.3 is 9.84 Å². The van der Waals surface area contributed by atoms with Gasteiger partial charge in [-0.05, 0) is 35.9 Å². The van der Waals surface area contributed by atoms with E-state index >= 15 is 0 Å². The Morgan fingerprint density at radius 3 is 2.62 bits per heavy atom. The van der Waals surface area contributed by atoms with E-state index in [-0.39, 0.29) is 16.5 Å². The molecule has 0 radical (unpaired) electrons. The number of aliphatic carboxylic acids is 1. The van der Waals surface area contributed by atoms with Gasteiger partial charge in [-0.15, -0.1) is 0 Å². The zero-order valence-electron chi connectivity index (χ0n) is 10.5. The van der Waals surface area contributed by atoms with Gasteiger partial charge in [0.25, 0.3) is 0 Å². The van der Waals surface area contributed by atoms with E-state index in [1.54, 1.807) is 0 Å². The molecule has 108 valence electrons. The third-order valence-electron chi connectivity index (χ3n) is 2.51. The Kier molecular flexibility index (Phi) is 4.55. The number of carboxylic acid groups (broad SMARTS) is 1. The summed E-state index contributed by atoms with van der Waals surface area (Å²) in [6, 6.07) is 7.99. The zero-order chi connectivity index (χ0) is 15.4. The molecule has 0 fully saturated rings. The minimum atomic E-state index is -1.11. The van der Waals surface area contributed by atoms with Gasteiger partial charge in [0.15, 0.2) is 11.6 Å². The average molecular weight is 311 g/mol. The topological polar surface area (TPSA) is 46.5 Å². The van der Waals surface area contributed by atoms with Gasteiger partial charge in [-0.25, -0.2) is 9.18 Å². The predicted molar refractivity (Wildman–Crippen MR) is 74.6 cm³/mol. The van der Waals surface area contributed by atoms with Gasteiger partial charge in [0.1, 0.15) is 5.75 Å². The highest BCUT2D eigenvalue weighted by Crippen LogP contribution is 2.32. The summed E-state index contributed by atoms with van der Waals surface area (Å²) in [6.45, 7) is 0. The predicted octanol–water partition coefficient (Wildman–Crippen LogP) is 4.51. The molecule has 2 rings (SSSR count). The van der Waals surface area contributed by atoms with Crippen LogP contribution in [0.2, 0.25) is 5.02 Å². The van der Waals surface area contributed by atoms with Crippen LogP contribution in [-0.4, -0.2) is 11.1 Å². The Bertz CT molecular complexity index is 714. The first-order valence-electron chi connectivity index (χ1n) is 5.80. The molecule has 1 N–H and O–H groups in total. The van der Waals surface area contributed by atoms with Crippen molar-refractivity contribution in [2.75, 3.05) is 0 Å². The second-order valence-corrected chi connectivity index (χ2v) is 4.42. The molecule has 0 aliphatic carbocycles. The lowest BCUT2D eigenvalue weighted by Crippen LogP contribution is -1.92. The first-order chi connectivity index (χ1) is 9.97. The van der Waals surface area contributed by atoms with E-state index in [0.29, 0.717) is 5.56 Å². The molecule has 0 bridgehead atoms. The molecule has 0 unspecified atom stereocenters. The summed E-state index contributed by atoms with van der Waals surface area (Å²) in [5, 5.41) is 8.67. The summed E-state index contributed by atoms with van der Waals surface area (Å²) in [7, 11) is 0. The maximum atomic E-state index is 13.5. The third kappa shape index (κ3) is 3.79. The molecule has 2 aromatic carbocycles. The number of carboxylic acids is 1. The van der Waals surface area contributed by atoms with Gasteiger partial charge in [-0.3, -0.25) is 0 Å². The number of rotatable bonds is 4. The molecule has 0 spiro atoms. The molecule has 0 aromatic heterocycles. The fourth-order valence-electron chi connectivity index (χ4n) is 1.55. The lowest BCUT2D eigenvalue weighted by atomic mass is 10.2. The van der Waals surface area contributed by atoms with E-state index in [1.807, 2.05) is 0 Å². The molecule has 0 atom stereocenters. The molecule has 0 saturated heterocycles. The van der Waals surface area contributed by atoms with Gasteiger partial charge in [-0.2, -0.15) is 4.39 Å². The van der Waals surface area contributed by atoms with Crippen molar-refractivity contribution in [3.05, 3.63) is 64.7 Å². The van der Waals surface area contributed by atoms with Crippen molar-refractivity contribution < 1.29 is 23.4 Å². The van der Waals surface area contributed by atoms with E-state index in [9.17, 15) is 13.6 Å². The molecule has 0 heterocycles. The smallest absolute Gasteiger partial charge is 0.328 e. The largest absolute Gasteiger partial charge is 0.478 e. The number of halogens is 3. The molecule has 6 heteroatoms. The van der Waals surface area contributed by atoms with E-state index in [4.69, 9.17) is 21.4 Å². The Morgan fingerprint density at radius 1 is 1.19 bits per heavy atom.